The van der Waals surface area contributed by atoms with Crippen LogP contribution in [0.15, 0.2) is 23.1 Å². The van der Waals surface area contributed by atoms with Gasteiger partial charge in [-0.15, -0.1) is 11.3 Å². The fourth-order valence-corrected chi connectivity index (χ4v) is 4.67. The Morgan fingerprint density at radius 2 is 2.30 bits per heavy atom. The van der Waals surface area contributed by atoms with Crippen molar-refractivity contribution in [2.75, 3.05) is 24.2 Å². The van der Waals surface area contributed by atoms with Gasteiger partial charge in [-0.25, -0.2) is 15.0 Å². The van der Waals surface area contributed by atoms with E-state index in [-0.39, 0.29) is 0 Å². The molecule has 1 unspecified atom stereocenters. The highest BCUT2D eigenvalue weighted by Gasteiger charge is 2.26. The minimum Gasteiger partial charge on any atom is -0.355 e. The maximum atomic E-state index is 4.55. The molecular weight excluding hydrogens is 328 g/mol. The van der Waals surface area contributed by atoms with Gasteiger partial charge in [0.1, 0.15) is 11.0 Å². The number of hydrogen-bond donors (Lipinski definition) is 0. The Bertz CT molecular complexity index is 826. The lowest BCUT2D eigenvalue weighted by molar-refractivity contribution is 0.586. The lowest BCUT2D eigenvalue weighted by Gasteiger charge is -2.17. The van der Waals surface area contributed by atoms with Crippen LogP contribution in [0.4, 0.5) is 5.82 Å². The number of fused-ring (bicyclic) bond motifs is 1. The van der Waals surface area contributed by atoms with E-state index in [4.69, 9.17) is 0 Å². The van der Waals surface area contributed by atoms with Crippen LogP contribution in [-0.4, -0.2) is 44.1 Å². The summed E-state index contributed by atoms with van der Waals surface area (Å²) in [6, 6.07) is 0. The zero-order chi connectivity index (χ0) is 15.8. The molecule has 8 heteroatoms. The van der Waals surface area contributed by atoms with Gasteiger partial charge in [0.2, 0.25) is 0 Å². The average molecular weight is 346 g/mol. The van der Waals surface area contributed by atoms with E-state index in [1.54, 1.807) is 29.4 Å². The fourth-order valence-electron chi connectivity index (χ4n) is 3.14. The Balaban J connectivity index is 1.54. The van der Waals surface area contributed by atoms with Crippen LogP contribution in [0.2, 0.25) is 0 Å². The maximum Gasteiger partial charge on any atom is 0.176 e. The van der Waals surface area contributed by atoms with Gasteiger partial charge in [0, 0.05) is 26.3 Å². The molecule has 0 aliphatic carbocycles. The van der Waals surface area contributed by atoms with Gasteiger partial charge in [-0.05, 0) is 30.6 Å². The standard InChI is InChI=1S/C15H18N6S2/c1-20-7-11(6-18-20)5-10-3-4-21(8-10)14-12-13(16-9-17-14)19-15(22-2)23-12/h6-7,9-10H,3-5,8H2,1-2H3. The second-order valence-corrected chi connectivity index (χ2v) is 7.91. The second kappa shape index (κ2) is 6.09. The molecule has 1 saturated heterocycles. The van der Waals surface area contributed by atoms with Crippen molar-refractivity contribution in [1.82, 2.24) is 24.7 Å². The van der Waals surface area contributed by atoms with Gasteiger partial charge in [-0.2, -0.15) is 5.10 Å². The lowest BCUT2D eigenvalue weighted by Crippen LogP contribution is -2.21. The van der Waals surface area contributed by atoms with E-state index < -0.39 is 0 Å². The van der Waals surface area contributed by atoms with Crippen molar-refractivity contribution in [2.45, 2.75) is 17.2 Å². The monoisotopic (exact) mass is 346 g/mol. The number of thiazole rings is 1. The van der Waals surface area contributed by atoms with Gasteiger partial charge < -0.3 is 4.90 Å². The predicted molar refractivity (Wildman–Crippen MR) is 94.2 cm³/mol. The first-order chi connectivity index (χ1) is 11.2. The van der Waals surface area contributed by atoms with Crippen LogP contribution in [0.3, 0.4) is 0 Å². The zero-order valence-corrected chi connectivity index (χ0v) is 14.8. The van der Waals surface area contributed by atoms with E-state index in [2.05, 4.69) is 31.1 Å². The van der Waals surface area contributed by atoms with Gasteiger partial charge >= 0.3 is 0 Å². The molecule has 0 bridgehead atoms. The molecule has 3 aromatic heterocycles. The molecule has 6 nitrogen and oxygen atoms in total. The minimum atomic E-state index is 0.650. The molecule has 0 aromatic carbocycles. The number of anilines is 1. The first-order valence-corrected chi connectivity index (χ1v) is 9.65. The van der Waals surface area contributed by atoms with Crippen LogP contribution in [-0.2, 0) is 13.5 Å². The first kappa shape index (κ1) is 14.9. The molecule has 4 heterocycles. The molecule has 1 aliphatic heterocycles. The number of nitrogens with zero attached hydrogens (tertiary/aromatic N) is 6. The summed E-state index contributed by atoms with van der Waals surface area (Å²) < 4.78 is 4.03. The second-order valence-electron chi connectivity index (χ2n) is 5.86. The summed E-state index contributed by atoms with van der Waals surface area (Å²) in [7, 11) is 1.97. The van der Waals surface area contributed by atoms with Crippen LogP contribution < -0.4 is 4.90 Å². The van der Waals surface area contributed by atoms with Crippen molar-refractivity contribution in [2.24, 2.45) is 13.0 Å². The highest BCUT2D eigenvalue weighted by molar-refractivity contribution is 8.00. The van der Waals surface area contributed by atoms with Gasteiger partial charge in [0.05, 0.1) is 6.20 Å². The molecular formula is C15H18N6S2. The van der Waals surface area contributed by atoms with E-state index in [0.717, 1.165) is 40.0 Å². The molecule has 1 atom stereocenters. The molecule has 3 aromatic rings. The normalized spacial score (nSPS) is 18.2. The highest BCUT2D eigenvalue weighted by Crippen LogP contribution is 2.35. The third-order valence-corrected chi connectivity index (χ3v) is 6.22. The SMILES string of the molecule is CSc1nc2ncnc(N3CCC(Cc4cnn(C)c4)C3)c2s1. The largest absolute Gasteiger partial charge is 0.355 e. The van der Waals surface area contributed by atoms with Crippen molar-refractivity contribution in [3.63, 3.8) is 0 Å². The van der Waals surface area contributed by atoms with E-state index in [1.165, 1.54) is 12.0 Å². The molecule has 0 spiro atoms. The summed E-state index contributed by atoms with van der Waals surface area (Å²) in [5.74, 6) is 1.69. The molecule has 1 aliphatic rings. The number of aromatic nitrogens is 5. The number of aryl methyl sites for hydroxylation is 1. The van der Waals surface area contributed by atoms with Crippen LogP contribution in [0.5, 0.6) is 0 Å². The van der Waals surface area contributed by atoms with Crippen molar-refractivity contribution in [1.29, 1.82) is 0 Å². The van der Waals surface area contributed by atoms with Crippen molar-refractivity contribution in [3.05, 3.63) is 24.3 Å². The van der Waals surface area contributed by atoms with Crippen molar-refractivity contribution < 1.29 is 0 Å². The predicted octanol–water partition coefficient (Wildman–Crippen LogP) is 2.61. The quantitative estimate of drug-likeness (QED) is 0.677. The molecule has 0 saturated carbocycles. The fraction of sp³-hybridized carbons (Fsp3) is 0.467. The summed E-state index contributed by atoms with van der Waals surface area (Å²) >= 11 is 3.35. The molecule has 4 rings (SSSR count). The van der Waals surface area contributed by atoms with Gasteiger partial charge in [-0.3, -0.25) is 4.68 Å². The number of rotatable bonds is 4. The van der Waals surface area contributed by atoms with E-state index in [1.807, 2.05) is 24.2 Å². The molecule has 1 fully saturated rings. The summed E-state index contributed by atoms with van der Waals surface area (Å²) in [5, 5.41) is 4.26. The third kappa shape index (κ3) is 2.92. The van der Waals surface area contributed by atoms with Gasteiger partial charge in [0.15, 0.2) is 15.8 Å². The third-order valence-electron chi connectivity index (χ3n) is 4.20. The molecule has 0 N–H and O–H groups in total. The topological polar surface area (TPSA) is 59.7 Å². The van der Waals surface area contributed by atoms with Crippen LogP contribution in [0, 0.1) is 5.92 Å². The molecule has 23 heavy (non-hydrogen) atoms. The molecule has 120 valence electrons. The maximum absolute atomic E-state index is 4.55. The average Bonchev–Trinajstić information content (AvgIpc) is 3.26. The van der Waals surface area contributed by atoms with Crippen LogP contribution >= 0.6 is 23.1 Å². The minimum absolute atomic E-state index is 0.650. The Morgan fingerprint density at radius 3 is 3.09 bits per heavy atom. The van der Waals surface area contributed by atoms with Crippen LogP contribution in [0.25, 0.3) is 10.3 Å². The van der Waals surface area contributed by atoms with Gasteiger partial charge in [0.25, 0.3) is 0 Å². The van der Waals surface area contributed by atoms with Crippen molar-refractivity contribution in [3.8, 4) is 0 Å². The number of hydrogen-bond acceptors (Lipinski definition) is 7. The van der Waals surface area contributed by atoms with E-state index >= 15 is 0 Å². The lowest BCUT2D eigenvalue weighted by atomic mass is 10.0. The smallest absolute Gasteiger partial charge is 0.176 e. The van der Waals surface area contributed by atoms with E-state index in [9.17, 15) is 0 Å². The summed E-state index contributed by atoms with van der Waals surface area (Å²) in [5.41, 5.74) is 2.13. The number of thioether (sulfide) groups is 1. The summed E-state index contributed by atoms with van der Waals surface area (Å²) in [4.78, 5) is 15.8. The Hall–Kier alpha value is -1.67. The molecule has 0 amide bonds. The Labute approximate surface area is 143 Å². The zero-order valence-electron chi connectivity index (χ0n) is 13.1. The molecule has 0 radical (unpaired) electrons. The first-order valence-electron chi connectivity index (χ1n) is 7.61. The Morgan fingerprint density at radius 1 is 1.39 bits per heavy atom. The van der Waals surface area contributed by atoms with Gasteiger partial charge in [-0.1, -0.05) is 11.8 Å². The van der Waals surface area contributed by atoms with Crippen LogP contribution in [0.1, 0.15) is 12.0 Å². The summed E-state index contributed by atoms with van der Waals surface area (Å²) in [6.07, 6.45) is 10.0. The summed E-state index contributed by atoms with van der Waals surface area (Å²) in [6.45, 7) is 2.08. The Kier molecular flexibility index (Phi) is 3.94. The van der Waals surface area contributed by atoms with Crippen molar-refractivity contribution >= 4 is 39.3 Å². The highest BCUT2D eigenvalue weighted by atomic mass is 32.2. The van der Waals surface area contributed by atoms with E-state index in [0.29, 0.717) is 5.92 Å².